The van der Waals surface area contributed by atoms with Crippen LogP contribution in [0.2, 0.25) is 0 Å². The van der Waals surface area contributed by atoms with Gasteiger partial charge in [0, 0.05) is 18.2 Å². The van der Waals surface area contributed by atoms with Gasteiger partial charge >= 0.3 is 12.0 Å². The van der Waals surface area contributed by atoms with E-state index >= 15 is 0 Å². The summed E-state index contributed by atoms with van der Waals surface area (Å²) in [4.78, 5) is 37.2. The lowest BCUT2D eigenvalue weighted by Crippen LogP contribution is -2.50. The molecule has 0 aromatic heterocycles. The predicted molar refractivity (Wildman–Crippen MR) is 79.5 cm³/mol. The summed E-state index contributed by atoms with van der Waals surface area (Å²) >= 11 is 0. The highest BCUT2D eigenvalue weighted by Crippen LogP contribution is 2.35. The van der Waals surface area contributed by atoms with Crippen LogP contribution in [0.1, 0.15) is 32.4 Å². The van der Waals surface area contributed by atoms with Crippen molar-refractivity contribution in [3.63, 3.8) is 0 Å². The Morgan fingerprint density at radius 3 is 2.57 bits per heavy atom. The molecule has 0 spiro atoms. The number of nitrogens with one attached hydrogen (secondary N) is 1. The van der Waals surface area contributed by atoms with Crippen LogP contribution >= 0.6 is 0 Å². The summed E-state index contributed by atoms with van der Waals surface area (Å²) in [5, 5.41) is 2.44. The van der Waals surface area contributed by atoms with Crippen LogP contribution in [0.3, 0.4) is 0 Å². The maximum Gasteiger partial charge on any atom is 0.338 e. The summed E-state index contributed by atoms with van der Waals surface area (Å²) in [6.45, 7) is 4.44. The number of esters is 1. The number of benzene rings is 1. The summed E-state index contributed by atoms with van der Waals surface area (Å²) in [6.07, 6.45) is 0. The zero-order valence-corrected chi connectivity index (χ0v) is 13.1. The number of halogens is 1. The summed E-state index contributed by atoms with van der Waals surface area (Å²) in [7, 11) is 0. The van der Waals surface area contributed by atoms with E-state index in [4.69, 9.17) is 4.74 Å². The van der Waals surface area contributed by atoms with Crippen molar-refractivity contribution in [3.8, 4) is 0 Å². The fourth-order valence-electron chi connectivity index (χ4n) is 2.53. The minimum absolute atomic E-state index is 0.0340. The maximum absolute atomic E-state index is 14.2. The highest BCUT2D eigenvalue weighted by Gasteiger charge is 2.41. The third-order valence-corrected chi connectivity index (χ3v) is 3.48. The van der Waals surface area contributed by atoms with E-state index in [1.807, 2.05) is 0 Å². The lowest BCUT2D eigenvalue weighted by Gasteiger charge is -2.35. The molecule has 6 nitrogen and oxygen atoms in total. The SMILES string of the molecule is CCOC(=O)C1=C(C)NC(=O)N(C(C)=O)[C@H]1c1ccccc1F. The zero-order valence-electron chi connectivity index (χ0n) is 13.1. The predicted octanol–water partition coefficient (Wildman–Crippen LogP) is 2.28. The number of imide groups is 1. The van der Waals surface area contributed by atoms with Crippen molar-refractivity contribution >= 4 is 17.9 Å². The number of hydrogen-bond acceptors (Lipinski definition) is 4. The molecule has 1 aliphatic heterocycles. The quantitative estimate of drug-likeness (QED) is 0.867. The van der Waals surface area contributed by atoms with E-state index in [9.17, 15) is 18.8 Å². The molecule has 3 amide bonds. The molecule has 2 rings (SSSR count). The van der Waals surface area contributed by atoms with Crippen molar-refractivity contribution in [1.82, 2.24) is 10.2 Å². The van der Waals surface area contributed by atoms with Crippen molar-refractivity contribution in [2.75, 3.05) is 6.61 Å². The number of hydrogen-bond donors (Lipinski definition) is 1. The fraction of sp³-hybridized carbons (Fsp3) is 0.312. The molecule has 0 aliphatic carbocycles. The molecule has 1 aromatic rings. The molecule has 1 N–H and O–H groups in total. The van der Waals surface area contributed by atoms with Gasteiger partial charge in [-0.25, -0.2) is 14.0 Å². The van der Waals surface area contributed by atoms with Gasteiger partial charge < -0.3 is 10.1 Å². The Kier molecular flexibility index (Phi) is 4.78. The third-order valence-electron chi connectivity index (χ3n) is 3.48. The van der Waals surface area contributed by atoms with Gasteiger partial charge in [0.1, 0.15) is 11.9 Å². The van der Waals surface area contributed by atoms with Crippen LogP contribution < -0.4 is 5.32 Å². The van der Waals surface area contributed by atoms with Gasteiger partial charge in [0.25, 0.3) is 0 Å². The average Bonchev–Trinajstić information content (AvgIpc) is 2.46. The van der Waals surface area contributed by atoms with Crippen LogP contribution in [0.25, 0.3) is 0 Å². The largest absolute Gasteiger partial charge is 0.463 e. The molecule has 0 radical (unpaired) electrons. The van der Waals surface area contributed by atoms with Crippen LogP contribution in [-0.4, -0.2) is 29.4 Å². The Hall–Kier alpha value is -2.70. The van der Waals surface area contributed by atoms with Gasteiger partial charge in [-0.05, 0) is 19.9 Å². The van der Waals surface area contributed by atoms with Crippen LogP contribution in [-0.2, 0) is 14.3 Å². The molecular weight excluding hydrogens is 303 g/mol. The first-order chi connectivity index (χ1) is 10.9. The number of urea groups is 1. The Labute approximate surface area is 132 Å². The highest BCUT2D eigenvalue weighted by atomic mass is 19.1. The molecule has 1 aromatic carbocycles. The van der Waals surface area contributed by atoms with E-state index in [2.05, 4.69) is 5.32 Å². The second kappa shape index (κ2) is 6.60. The van der Waals surface area contributed by atoms with Crippen LogP contribution in [0, 0.1) is 5.82 Å². The van der Waals surface area contributed by atoms with Gasteiger partial charge in [-0.15, -0.1) is 0 Å². The van der Waals surface area contributed by atoms with Gasteiger partial charge in [0.2, 0.25) is 5.91 Å². The van der Waals surface area contributed by atoms with Crippen molar-refractivity contribution in [2.24, 2.45) is 0 Å². The monoisotopic (exact) mass is 320 g/mol. The van der Waals surface area contributed by atoms with E-state index in [1.54, 1.807) is 13.0 Å². The number of allylic oxidation sites excluding steroid dienone is 1. The third kappa shape index (κ3) is 3.08. The number of carbonyl (C=O) groups excluding carboxylic acids is 3. The van der Waals surface area contributed by atoms with E-state index in [-0.39, 0.29) is 23.4 Å². The summed E-state index contributed by atoms with van der Waals surface area (Å²) < 4.78 is 19.2. The molecule has 1 heterocycles. The van der Waals surface area contributed by atoms with Gasteiger partial charge in [-0.3, -0.25) is 9.69 Å². The fourth-order valence-corrected chi connectivity index (χ4v) is 2.53. The number of amides is 3. The smallest absolute Gasteiger partial charge is 0.338 e. The first-order valence-electron chi connectivity index (χ1n) is 7.11. The Morgan fingerprint density at radius 1 is 1.35 bits per heavy atom. The lowest BCUT2D eigenvalue weighted by molar-refractivity contribution is -0.139. The van der Waals surface area contributed by atoms with E-state index in [0.29, 0.717) is 0 Å². The number of carbonyl (C=O) groups is 3. The topological polar surface area (TPSA) is 75.7 Å². The summed E-state index contributed by atoms with van der Waals surface area (Å²) in [5.41, 5.74) is 0.325. The first kappa shape index (κ1) is 16.7. The second-order valence-electron chi connectivity index (χ2n) is 5.00. The van der Waals surface area contributed by atoms with Crippen molar-refractivity contribution in [1.29, 1.82) is 0 Å². The second-order valence-corrected chi connectivity index (χ2v) is 5.00. The molecule has 0 fully saturated rings. The summed E-state index contributed by atoms with van der Waals surface area (Å²) in [6, 6.07) is 3.82. The molecule has 1 atom stereocenters. The lowest BCUT2D eigenvalue weighted by atomic mass is 9.93. The van der Waals surface area contributed by atoms with Gasteiger partial charge in [0.15, 0.2) is 0 Å². The molecule has 23 heavy (non-hydrogen) atoms. The molecular formula is C16H17FN2O4. The van der Waals surface area contributed by atoms with E-state index in [0.717, 1.165) is 4.90 Å². The maximum atomic E-state index is 14.2. The average molecular weight is 320 g/mol. The van der Waals surface area contributed by atoms with Crippen molar-refractivity contribution in [3.05, 3.63) is 46.9 Å². The zero-order chi connectivity index (χ0) is 17.1. The molecule has 0 saturated carbocycles. The molecule has 0 unspecified atom stereocenters. The van der Waals surface area contributed by atoms with Crippen LogP contribution in [0.15, 0.2) is 35.5 Å². The van der Waals surface area contributed by atoms with Gasteiger partial charge in [-0.2, -0.15) is 0 Å². The Bertz CT molecular complexity index is 699. The molecule has 1 aliphatic rings. The number of nitrogens with zero attached hydrogens (tertiary/aromatic N) is 1. The van der Waals surface area contributed by atoms with Crippen LogP contribution in [0.5, 0.6) is 0 Å². The standard InChI is InChI=1S/C16H17FN2O4/c1-4-23-15(21)13-9(2)18-16(22)19(10(3)20)14(13)11-7-5-6-8-12(11)17/h5-8,14H,4H2,1-3H3,(H,18,22)/t14-/m0/s1. The highest BCUT2D eigenvalue weighted by molar-refractivity contribution is 6.01. The molecule has 0 bridgehead atoms. The molecule has 7 heteroatoms. The van der Waals surface area contributed by atoms with Crippen molar-refractivity contribution < 1.29 is 23.5 Å². The van der Waals surface area contributed by atoms with Gasteiger partial charge in [-0.1, -0.05) is 18.2 Å². The Balaban J connectivity index is 2.67. The number of ether oxygens (including phenoxy) is 1. The van der Waals surface area contributed by atoms with Crippen LogP contribution in [0.4, 0.5) is 9.18 Å². The van der Waals surface area contributed by atoms with Gasteiger partial charge in [0.05, 0.1) is 12.2 Å². The minimum atomic E-state index is -1.17. The first-order valence-corrected chi connectivity index (χ1v) is 7.11. The minimum Gasteiger partial charge on any atom is -0.463 e. The molecule has 0 saturated heterocycles. The normalized spacial score (nSPS) is 17.8. The Morgan fingerprint density at radius 2 is 2.00 bits per heavy atom. The number of rotatable bonds is 3. The summed E-state index contributed by atoms with van der Waals surface area (Å²) in [5.74, 6) is -1.93. The van der Waals surface area contributed by atoms with Crippen molar-refractivity contribution in [2.45, 2.75) is 26.8 Å². The molecule has 122 valence electrons. The van der Waals surface area contributed by atoms with E-state index in [1.165, 1.54) is 32.0 Å². The van der Waals surface area contributed by atoms with E-state index < -0.39 is 29.8 Å².